The summed E-state index contributed by atoms with van der Waals surface area (Å²) in [4.78, 5) is 14.5. The van der Waals surface area contributed by atoms with E-state index in [-0.39, 0.29) is 5.91 Å². The van der Waals surface area contributed by atoms with Crippen molar-refractivity contribution in [1.82, 2.24) is 0 Å². The molecule has 0 aromatic heterocycles. The minimum atomic E-state index is -0.364. The monoisotopic (exact) mass is 212 g/mol. The van der Waals surface area contributed by atoms with E-state index in [9.17, 15) is 4.79 Å². The lowest BCUT2D eigenvalue weighted by Gasteiger charge is -2.27. The number of aliphatic imine (C=N–C) groups is 1. The van der Waals surface area contributed by atoms with Crippen LogP contribution in [0.5, 0.6) is 0 Å². The first kappa shape index (κ1) is 13.8. The Kier molecular flexibility index (Phi) is 5.86. The van der Waals surface area contributed by atoms with Crippen molar-refractivity contribution in [3.05, 3.63) is 12.7 Å². The molecular weight excluding hydrogens is 190 g/mol. The summed E-state index contributed by atoms with van der Waals surface area (Å²) in [5.74, 6) is 0.0349. The van der Waals surface area contributed by atoms with Gasteiger partial charge in [0.2, 0.25) is 0 Å². The van der Waals surface area contributed by atoms with Crippen LogP contribution in [0.1, 0.15) is 19.8 Å². The molecule has 4 heteroatoms. The van der Waals surface area contributed by atoms with E-state index in [0.717, 1.165) is 24.0 Å². The van der Waals surface area contributed by atoms with Crippen molar-refractivity contribution in [2.75, 3.05) is 27.2 Å². The van der Waals surface area contributed by atoms with Gasteiger partial charge in [0, 0.05) is 12.8 Å². The average molecular weight is 212 g/mol. The molecule has 0 heterocycles. The number of rotatable bonds is 6. The van der Waals surface area contributed by atoms with E-state index < -0.39 is 0 Å². The van der Waals surface area contributed by atoms with Gasteiger partial charge in [-0.3, -0.25) is 4.79 Å². The van der Waals surface area contributed by atoms with Crippen LogP contribution < -0.4 is 5.73 Å². The summed E-state index contributed by atoms with van der Waals surface area (Å²) >= 11 is 0. The van der Waals surface area contributed by atoms with Crippen molar-refractivity contribution in [3.8, 4) is 0 Å². The molecule has 0 aliphatic rings. The van der Waals surface area contributed by atoms with Crippen molar-refractivity contribution in [1.29, 1.82) is 0 Å². The van der Waals surface area contributed by atoms with Gasteiger partial charge < -0.3 is 10.2 Å². The number of carbonyl (C=O) groups is 1. The van der Waals surface area contributed by atoms with Gasteiger partial charge in [0.15, 0.2) is 0 Å². The zero-order valence-corrected chi connectivity index (χ0v) is 9.99. The highest BCUT2D eigenvalue weighted by Gasteiger charge is 2.11. The predicted molar refractivity (Wildman–Crippen MR) is 63.6 cm³/mol. The van der Waals surface area contributed by atoms with E-state index >= 15 is 0 Å². The third kappa shape index (κ3) is 6.85. The van der Waals surface area contributed by atoms with Crippen LogP contribution in [0.15, 0.2) is 17.6 Å². The summed E-state index contributed by atoms with van der Waals surface area (Å²) in [5.41, 5.74) is 5.60. The number of carbonyl (C=O) groups excluding carboxylic acids is 1. The summed E-state index contributed by atoms with van der Waals surface area (Å²) in [5, 5.41) is 0. The Morgan fingerprint density at radius 2 is 2.13 bits per heavy atom. The lowest BCUT2D eigenvalue weighted by Crippen LogP contribution is -2.40. The zero-order valence-electron chi connectivity index (χ0n) is 9.99. The zero-order chi connectivity index (χ0) is 11.9. The Morgan fingerprint density at radius 3 is 2.60 bits per heavy atom. The van der Waals surface area contributed by atoms with Gasteiger partial charge in [0.1, 0.15) is 5.84 Å². The maximum atomic E-state index is 10.8. The van der Waals surface area contributed by atoms with Crippen molar-refractivity contribution in [3.63, 3.8) is 0 Å². The van der Waals surface area contributed by atoms with Crippen molar-refractivity contribution < 1.29 is 9.28 Å². The van der Waals surface area contributed by atoms with Crippen LogP contribution >= 0.6 is 0 Å². The summed E-state index contributed by atoms with van der Waals surface area (Å²) in [6.07, 6.45) is 2.78. The molecule has 0 aromatic rings. The second-order valence-corrected chi connectivity index (χ2v) is 4.22. The van der Waals surface area contributed by atoms with Gasteiger partial charge in [-0.15, -0.1) is 0 Å². The van der Waals surface area contributed by atoms with Crippen molar-refractivity contribution in [2.45, 2.75) is 19.8 Å². The first-order valence-corrected chi connectivity index (χ1v) is 5.22. The third-order valence-electron chi connectivity index (χ3n) is 2.48. The molecule has 4 nitrogen and oxygen atoms in total. The summed E-state index contributed by atoms with van der Waals surface area (Å²) in [6.45, 7) is 7.61. The minimum Gasteiger partial charge on any atom is -0.387 e. The van der Waals surface area contributed by atoms with Crippen LogP contribution in [-0.4, -0.2) is 43.4 Å². The highest BCUT2D eigenvalue weighted by molar-refractivity contribution is 5.98. The molecular formula is C11H22N3O+. The number of hydrogen-bond donors (Lipinski definition) is 1. The SMILES string of the molecule is C=CC(=O)N=C(N)CCC[N+](C)(C)CC. The second-order valence-electron chi connectivity index (χ2n) is 4.22. The van der Waals surface area contributed by atoms with Crippen molar-refractivity contribution >= 4 is 11.7 Å². The van der Waals surface area contributed by atoms with E-state index in [4.69, 9.17) is 5.73 Å². The van der Waals surface area contributed by atoms with Gasteiger partial charge in [0.25, 0.3) is 5.91 Å². The minimum absolute atomic E-state index is 0.364. The molecule has 0 fully saturated rings. The van der Waals surface area contributed by atoms with E-state index in [0.29, 0.717) is 12.3 Å². The molecule has 1 amide bonds. The Hall–Kier alpha value is -1.16. The molecule has 0 aliphatic carbocycles. The molecule has 0 bridgehead atoms. The highest BCUT2D eigenvalue weighted by Crippen LogP contribution is 2.01. The third-order valence-corrected chi connectivity index (χ3v) is 2.48. The van der Waals surface area contributed by atoms with Crippen LogP contribution in [0, 0.1) is 0 Å². The lowest BCUT2D eigenvalue weighted by atomic mass is 10.2. The fourth-order valence-electron chi connectivity index (χ4n) is 1.09. The maximum Gasteiger partial charge on any atom is 0.270 e. The number of amidine groups is 1. The Labute approximate surface area is 92.1 Å². The van der Waals surface area contributed by atoms with Gasteiger partial charge >= 0.3 is 0 Å². The number of quaternary nitrogens is 1. The topological polar surface area (TPSA) is 55.5 Å². The fourth-order valence-corrected chi connectivity index (χ4v) is 1.09. The molecule has 0 aliphatic heterocycles. The highest BCUT2D eigenvalue weighted by atomic mass is 16.1. The molecule has 0 unspecified atom stereocenters. The van der Waals surface area contributed by atoms with Gasteiger partial charge in [0.05, 0.1) is 27.2 Å². The van der Waals surface area contributed by atoms with Crippen LogP contribution in [0.25, 0.3) is 0 Å². The molecule has 0 spiro atoms. The fraction of sp³-hybridized carbons (Fsp3) is 0.636. The molecule has 0 saturated carbocycles. The lowest BCUT2D eigenvalue weighted by molar-refractivity contribution is -0.888. The van der Waals surface area contributed by atoms with Crippen LogP contribution in [0.2, 0.25) is 0 Å². The first-order chi connectivity index (χ1) is 6.91. The number of hydrogen-bond acceptors (Lipinski definition) is 1. The van der Waals surface area contributed by atoms with Crippen LogP contribution in [0.3, 0.4) is 0 Å². The summed E-state index contributed by atoms with van der Waals surface area (Å²) < 4.78 is 0.961. The molecule has 0 saturated heterocycles. The van der Waals surface area contributed by atoms with E-state index in [2.05, 4.69) is 32.6 Å². The molecule has 2 N–H and O–H groups in total. The maximum absolute atomic E-state index is 10.8. The number of amides is 1. The second kappa shape index (κ2) is 6.35. The largest absolute Gasteiger partial charge is 0.387 e. The van der Waals surface area contributed by atoms with E-state index in [1.165, 1.54) is 6.08 Å². The molecule has 15 heavy (non-hydrogen) atoms. The summed E-state index contributed by atoms with van der Waals surface area (Å²) in [7, 11) is 4.34. The normalized spacial score (nSPS) is 12.6. The Morgan fingerprint density at radius 1 is 1.53 bits per heavy atom. The molecule has 0 rings (SSSR count). The molecule has 86 valence electrons. The van der Waals surface area contributed by atoms with Gasteiger partial charge in [-0.25, -0.2) is 0 Å². The predicted octanol–water partition coefficient (Wildman–Crippen LogP) is 0.933. The average Bonchev–Trinajstić information content (AvgIpc) is 2.17. The molecule has 0 radical (unpaired) electrons. The van der Waals surface area contributed by atoms with E-state index in [1.807, 2.05) is 0 Å². The standard InChI is InChI=1S/C11H21N3O/c1-5-11(15)13-10(12)8-7-9-14(3,4)6-2/h5H,1,6-9H2,2-4H3,(H-,12,13,15)/p+1. The van der Waals surface area contributed by atoms with Crippen molar-refractivity contribution in [2.24, 2.45) is 10.7 Å². The van der Waals surface area contributed by atoms with Gasteiger partial charge in [-0.05, 0) is 13.0 Å². The smallest absolute Gasteiger partial charge is 0.270 e. The molecule has 0 aromatic carbocycles. The van der Waals surface area contributed by atoms with Gasteiger partial charge in [-0.1, -0.05) is 6.58 Å². The quantitative estimate of drug-likeness (QED) is 0.308. The number of nitrogens with zero attached hydrogens (tertiary/aromatic N) is 2. The molecule has 0 atom stereocenters. The van der Waals surface area contributed by atoms with Crippen LogP contribution in [-0.2, 0) is 4.79 Å². The first-order valence-electron chi connectivity index (χ1n) is 5.22. The van der Waals surface area contributed by atoms with Gasteiger partial charge in [-0.2, -0.15) is 4.99 Å². The number of nitrogens with two attached hydrogens (primary N) is 1. The summed E-state index contributed by atoms with van der Waals surface area (Å²) in [6, 6.07) is 0. The Balaban J connectivity index is 3.92. The van der Waals surface area contributed by atoms with Crippen LogP contribution in [0.4, 0.5) is 0 Å². The van der Waals surface area contributed by atoms with E-state index in [1.54, 1.807) is 0 Å². The Bertz CT molecular complexity index is 257.